The first-order chi connectivity index (χ1) is 12.7. The zero-order valence-corrected chi connectivity index (χ0v) is 16.7. The Labute approximate surface area is 160 Å². The van der Waals surface area contributed by atoms with Crippen molar-refractivity contribution < 1.29 is 13.2 Å². The highest BCUT2D eigenvalue weighted by atomic mass is 32.2. The summed E-state index contributed by atoms with van der Waals surface area (Å²) in [6.45, 7) is 5.37. The highest BCUT2D eigenvalue weighted by molar-refractivity contribution is 7.89. The molecule has 1 saturated carbocycles. The van der Waals surface area contributed by atoms with Crippen LogP contribution in [-0.4, -0.2) is 43.4 Å². The summed E-state index contributed by atoms with van der Waals surface area (Å²) in [7, 11) is -3.29. The van der Waals surface area contributed by atoms with Gasteiger partial charge in [0.15, 0.2) is 11.6 Å². The van der Waals surface area contributed by atoms with Crippen molar-refractivity contribution in [2.24, 2.45) is 21.1 Å². The fourth-order valence-corrected chi connectivity index (χ4v) is 7.70. The van der Waals surface area contributed by atoms with Crippen LogP contribution in [0.25, 0.3) is 0 Å². The second kappa shape index (κ2) is 5.50. The monoisotopic (exact) mass is 390 g/mol. The molecule has 3 heterocycles. The van der Waals surface area contributed by atoms with Crippen LogP contribution < -0.4 is 5.32 Å². The first-order valence-electron chi connectivity index (χ1n) is 9.87. The number of nitrogens with zero attached hydrogens (tertiary/aromatic N) is 3. The van der Waals surface area contributed by atoms with Crippen LogP contribution in [0.4, 0.5) is 0 Å². The van der Waals surface area contributed by atoms with Gasteiger partial charge in [0.2, 0.25) is 10.0 Å². The summed E-state index contributed by atoms with van der Waals surface area (Å²) in [6.07, 6.45) is 4.77. The largest absolute Gasteiger partial charge is 0.342 e. The number of fused-ring (bicyclic) bond motifs is 2. The number of nitrogens with one attached hydrogen (secondary N) is 1. The molecule has 1 spiro atoms. The Morgan fingerprint density at radius 3 is 2.56 bits per heavy atom. The highest BCUT2D eigenvalue weighted by Crippen LogP contribution is 2.55. The molecule has 146 valence electrons. The van der Waals surface area contributed by atoms with Gasteiger partial charge in [0.25, 0.3) is 0 Å². The minimum Gasteiger partial charge on any atom is -0.342 e. The summed E-state index contributed by atoms with van der Waals surface area (Å²) in [5, 5.41) is 11.5. The molecule has 5 aliphatic rings. The predicted octanol–water partition coefficient (Wildman–Crippen LogP) is 2.48. The molecular formula is C19H26N4O3S. The molecule has 8 heteroatoms. The maximum absolute atomic E-state index is 13.1. The van der Waals surface area contributed by atoms with Crippen LogP contribution in [0.2, 0.25) is 0 Å². The van der Waals surface area contributed by atoms with E-state index in [9.17, 15) is 13.2 Å². The van der Waals surface area contributed by atoms with Gasteiger partial charge in [0.05, 0.1) is 17.2 Å². The first-order valence-corrected chi connectivity index (χ1v) is 11.4. The number of hydrogen-bond acceptors (Lipinski definition) is 6. The van der Waals surface area contributed by atoms with Crippen molar-refractivity contribution in [2.45, 2.75) is 57.6 Å². The number of sulfonamides is 1. The highest BCUT2D eigenvalue weighted by Gasteiger charge is 2.60. The molecule has 2 aliphatic carbocycles. The van der Waals surface area contributed by atoms with Crippen molar-refractivity contribution in [3.05, 3.63) is 22.7 Å². The number of ketones is 1. The number of allylic oxidation sites excluding steroid dienone is 1. The lowest BCUT2D eigenvalue weighted by molar-refractivity contribution is -0.120. The summed E-state index contributed by atoms with van der Waals surface area (Å²) in [5.41, 5.74) is 2.09. The molecule has 27 heavy (non-hydrogen) atoms. The Balaban J connectivity index is 1.52. The molecule has 0 aromatic heterocycles. The zero-order valence-electron chi connectivity index (χ0n) is 15.9. The van der Waals surface area contributed by atoms with Gasteiger partial charge in [-0.25, -0.2) is 8.42 Å². The molecular weight excluding hydrogens is 364 g/mol. The quantitative estimate of drug-likeness (QED) is 0.784. The summed E-state index contributed by atoms with van der Waals surface area (Å²) in [5.74, 6) is 0.877. The first kappa shape index (κ1) is 17.6. The number of carbonyl (C=O) groups excluding carboxylic acids is 1. The molecule has 0 bridgehead atoms. The van der Waals surface area contributed by atoms with E-state index in [1.54, 1.807) is 4.31 Å². The summed E-state index contributed by atoms with van der Waals surface area (Å²) in [6, 6.07) is 0. The normalized spacial score (nSPS) is 29.8. The lowest BCUT2D eigenvalue weighted by Gasteiger charge is -2.55. The van der Waals surface area contributed by atoms with E-state index in [2.05, 4.69) is 29.4 Å². The SMILES string of the molecule is CC1(C)CC(=O)C2=C(C1)NC1=C(CN=N1)C21CN(S(=O)(=O)C2CCCC2)C1. The molecule has 0 atom stereocenters. The third-order valence-corrected chi connectivity index (χ3v) is 9.15. The van der Waals surface area contributed by atoms with E-state index in [1.165, 1.54) is 0 Å². The average molecular weight is 391 g/mol. The van der Waals surface area contributed by atoms with Gasteiger partial charge < -0.3 is 5.32 Å². The molecule has 0 aromatic rings. The molecule has 1 saturated heterocycles. The van der Waals surface area contributed by atoms with Crippen LogP contribution in [0, 0.1) is 10.8 Å². The van der Waals surface area contributed by atoms with Crippen LogP contribution in [0.3, 0.4) is 0 Å². The van der Waals surface area contributed by atoms with E-state index >= 15 is 0 Å². The Morgan fingerprint density at radius 2 is 1.85 bits per heavy atom. The summed E-state index contributed by atoms with van der Waals surface area (Å²) < 4.78 is 27.7. The third-order valence-electron chi connectivity index (χ3n) is 6.86. The maximum atomic E-state index is 13.1. The van der Waals surface area contributed by atoms with E-state index in [4.69, 9.17) is 0 Å². The average Bonchev–Trinajstić information content (AvgIpc) is 3.20. The minimum atomic E-state index is -3.29. The number of azo groups is 1. The van der Waals surface area contributed by atoms with Gasteiger partial charge in [0.1, 0.15) is 0 Å². The van der Waals surface area contributed by atoms with Crippen molar-refractivity contribution in [3.8, 4) is 0 Å². The minimum absolute atomic E-state index is 0.0999. The Kier molecular flexibility index (Phi) is 3.58. The van der Waals surface area contributed by atoms with Crippen molar-refractivity contribution in [1.29, 1.82) is 0 Å². The summed E-state index contributed by atoms with van der Waals surface area (Å²) in [4.78, 5) is 13.1. The molecule has 1 N–H and O–H groups in total. The molecule has 0 unspecified atom stereocenters. The van der Waals surface area contributed by atoms with Crippen LogP contribution in [0.5, 0.6) is 0 Å². The second-order valence-electron chi connectivity index (χ2n) is 9.45. The molecule has 2 fully saturated rings. The Morgan fingerprint density at radius 1 is 1.15 bits per heavy atom. The van der Waals surface area contributed by atoms with E-state index in [1.807, 2.05) is 0 Å². The fourth-order valence-electron chi connectivity index (χ4n) is 5.55. The number of Topliss-reactive ketones (excluding diaryl/α,β-unsaturated/α-hetero) is 1. The van der Waals surface area contributed by atoms with Gasteiger partial charge in [-0.2, -0.15) is 9.42 Å². The number of hydrogen-bond donors (Lipinski definition) is 1. The van der Waals surface area contributed by atoms with Crippen LogP contribution >= 0.6 is 0 Å². The van der Waals surface area contributed by atoms with E-state index < -0.39 is 15.4 Å². The van der Waals surface area contributed by atoms with Crippen LogP contribution in [0.15, 0.2) is 32.9 Å². The fraction of sp³-hybridized carbons (Fsp3) is 0.737. The third kappa shape index (κ3) is 2.42. The molecule has 0 radical (unpaired) electrons. The van der Waals surface area contributed by atoms with E-state index in [-0.39, 0.29) is 16.4 Å². The lowest BCUT2D eigenvalue weighted by atomic mass is 9.60. The predicted molar refractivity (Wildman–Crippen MR) is 100 cm³/mol. The number of carbonyl (C=O) groups is 1. The molecule has 3 aliphatic heterocycles. The van der Waals surface area contributed by atoms with Crippen molar-refractivity contribution in [1.82, 2.24) is 9.62 Å². The topological polar surface area (TPSA) is 91.2 Å². The van der Waals surface area contributed by atoms with E-state index in [0.29, 0.717) is 26.1 Å². The van der Waals surface area contributed by atoms with Gasteiger partial charge >= 0.3 is 0 Å². The van der Waals surface area contributed by atoms with Crippen molar-refractivity contribution in [2.75, 3.05) is 19.6 Å². The van der Waals surface area contributed by atoms with Gasteiger partial charge in [-0.15, -0.1) is 5.11 Å². The Bertz CT molecular complexity index is 917. The lowest BCUT2D eigenvalue weighted by Crippen LogP contribution is -2.64. The van der Waals surface area contributed by atoms with Crippen molar-refractivity contribution in [3.63, 3.8) is 0 Å². The molecule has 5 rings (SSSR count). The molecule has 0 amide bonds. The van der Waals surface area contributed by atoms with Crippen molar-refractivity contribution >= 4 is 15.8 Å². The molecule has 7 nitrogen and oxygen atoms in total. The van der Waals surface area contributed by atoms with Crippen LogP contribution in [-0.2, 0) is 14.8 Å². The smallest absolute Gasteiger partial charge is 0.217 e. The standard InChI is InChI=1S/C19H26N4O3S/c1-18(2)7-14-16(15(24)8-18)19(13-9-20-22-17(13)21-14)10-23(11-19)27(25,26)12-5-3-4-6-12/h12,21H,3-11H2,1-2H3. The number of dihydropyridines is 1. The molecule has 0 aromatic carbocycles. The second-order valence-corrected chi connectivity index (χ2v) is 11.7. The van der Waals surface area contributed by atoms with Gasteiger partial charge in [-0.05, 0) is 24.7 Å². The van der Waals surface area contributed by atoms with E-state index in [0.717, 1.165) is 54.8 Å². The number of rotatable bonds is 2. The van der Waals surface area contributed by atoms with Crippen LogP contribution in [0.1, 0.15) is 52.4 Å². The zero-order chi connectivity index (χ0) is 19.0. The van der Waals surface area contributed by atoms with Gasteiger partial charge in [-0.3, -0.25) is 4.79 Å². The maximum Gasteiger partial charge on any atom is 0.217 e. The summed E-state index contributed by atoms with van der Waals surface area (Å²) >= 11 is 0. The van der Waals surface area contributed by atoms with Gasteiger partial charge in [-0.1, -0.05) is 26.7 Å². The Hall–Kier alpha value is -1.54. The van der Waals surface area contributed by atoms with Gasteiger partial charge in [0, 0.05) is 36.4 Å².